The fourth-order valence-electron chi connectivity index (χ4n) is 2.50. The Morgan fingerprint density at radius 1 is 1.35 bits per heavy atom. The average Bonchev–Trinajstić information content (AvgIpc) is 2.49. The second-order valence-electron chi connectivity index (χ2n) is 5.69. The number of nitrogens with one attached hydrogen (secondary N) is 2. The molecule has 1 heterocycles. The van der Waals surface area contributed by atoms with Gasteiger partial charge in [-0.15, -0.1) is 0 Å². The van der Waals surface area contributed by atoms with Crippen LogP contribution in [-0.2, 0) is 0 Å². The number of hydrogen-bond donors (Lipinski definition) is 2. The molecule has 110 valence electrons. The number of carbonyl (C=O) groups is 1. The molecule has 20 heavy (non-hydrogen) atoms. The molecule has 1 aromatic heterocycles. The third kappa shape index (κ3) is 4.22. The highest BCUT2D eigenvalue weighted by atomic mass is 16.1. The van der Waals surface area contributed by atoms with Crippen molar-refractivity contribution in [3.8, 4) is 0 Å². The van der Waals surface area contributed by atoms with Crippen molar-refractivity contribution in [2.24, 2.45) is 0 Å². The number of anilines is 1. The summed E-state index contributed by atoms with van der Waals surface area (Å²) in [6, 6.07) is 4.49. The Morgan fingerprint density at radius 2 is 2.10 bits per heavy atom. The fourth-order valence-corrected chi connectivity index (χ4v) is 2.50. The number of nitrogens with zero attached hydrogens (tertiary/aromatic N) is 1. The molecule has 2 rings (SSSR count). The van der Waals surface area contributed by atoms with Gasteiger partial charge in [-0.1, -0.05) is 26.2 Å². The lowest BCUT2D eigenvalue weighted by molar-refractivity contribution is 0.0934. The minimum Gasteiger partial charge on any atom is -0.381 e. The minimum atomic E-state index is -0.0939. The maximum Gasteiger partial charge on any atom is 0.270 e. The largest absolute Gasteiger partial charge is 0.381 e. The maximum atomic E-state index is 11.9. The van der Waals surface area contributed by atoms with E-state index in [2.05, 4.69) is 22.5 Å². The van der Waals surface area contributed by atoms with E-state index in [1.807, 2.05) is 13.0 Å². The van der Waals surface area contributed by atoms with Crippen molar-refractivity contribution in [1.29, 1.82) is 0 Å². The van der Waals surface area contributed by atoms with Crippen molar-refractivity contribution in [2.75, 3.05) is 5.32 Å². The lowest BCUT2D eigenvalue weighted by Gasteiger charge is -2.23. The molecule has 0 aromatic carbocycles. The normalized spacial score (nSPS) is 17.5. The fraction of sp³-hybridized carbons (Fsp3) is 0.625. The lowest BCUT2D eigenvalue weighted by atomic mass is 9.95. The Labute approximate surface area is 121 Å². The Bertz CT molecular complexity index is 424. The highest BCUT2D eigenvalue weighted by Crippen LogP contribution is 2.21. The van der Waals surface area contributed by atoms with Gasteiger partial charge in [-0.2, -0.15) is 0 Å². The van der Waals surface area contributed by atoms with E-state index < -0.39 is 0 Å². The molecule has 0 spiro atoms. The summed E-state index contributed by atoms with van der Waals surface area (Å²) in [7, 11) is 0. The van der Waals surface area contributed by atoms with E-state index in [0.29, 0.717) is 11.7 Å². The number of aromatic nitrogens is 1. The van der Waals surface area contributed by atoms with Crippen molar-refractivity contribution in [1.82, 2.24) is 10.3 Å². The standard InChI is InChI=1S/C16H25N3O/c1-3-12(2)18-16(20)15-10-9-14(11-17-15)19-13-7-5-4-6-8-13/h9-13,19H,3-8H2,1-2H3,(H,18,20). The summed E-state index contributed by atoms with van der Waals surface area (Å²) in [5, 5.41) is 6.43. The molecule has 1 fully saturated rings. The van der Waals surface area contributed by atoms with Gasteiger partial charge in [-0.25, -0.2) is 4.98 Å². The molecule has 2 N–H and O–H groups in total. The second-order valence-corrected chi connectivity index (χ2v) is 5.69. The van der Waals surface area contributed by atoms with Crippen LogP contribution in [0.3, 0.4) is 0 Å². The minimum absolute atomic E-state index is 0.0939. The molecule has 4 heteroatoms. The van der Waals surface area contributed by atoms with E-state index in [1.54, 1.807) is 12.3 Å². The van der Waals surface area contributed by atoms with Gasteiger partial charge in [0.1, 0.15) is 5.69 Å². The number of carbonyl (C=O) groups excluding carboxylic acids is 1. The summed E-state index contributed by atoms with van der Waals surface area (Å²) in [5.41, 5.74) is 1.50. The zero-order valence-corrected chi connectivity index (χ0v) is 12.5. The molecular weight excluding hydrogens is 250 g/mol. The summed E-state index contributed by atoms with van der Waals surface area (Å²) in [6.45, 7) is 4.05. The summed E-state index contributed by atoms with van der Waals surface area (Å²) in [4.78, 5) is 16.2. The molecule has 1 aliphatic rings. The molecule has 1 saturated carbocycles. The van der Waals surface area contributed by atoms with Gasteiger partial charge in [-0.05, 0) is 38.3 Å². The molecule has 1 amide bonds. The summed E-state index contributed by atoms with van der Waals surface area (Å²) in [5.74, 6) is -0.0939. The molecule has 1 unspecified atom stereocenters. The third-order valence-electron chi connectivity index (χ3n) is 3.96. The van der Waals surface area contributed by atoms with Crippen LogP contribution in [0.1, 0.15) is 62.9 Å². The van der Waals surface area contributed by atoms with Gasteiger partial charge in [0.05, 0.1) is 11.9 Å². The molecule has 0 radical (unpaired) electrons. The molecule has 1 aliphatic carbocycles. The first-order chi connectivity index (χ1) is 9.69. The van der Waals surface area contributed by atoms with Gasteiger partial charge in [0.2, 0.25) is 0 Å². The zero-order valence-electron chi connectivity index (χ0n) is 12.5. The van der Waals surface area contributed by atoms with Crippen molar-refractivity contribution < 1.29 is 4.79 Å². The van der Waals surface area contributed by atoms with Crippen LogP contribution in [0.15, 0.2) is 18.3 Å². The van der Waals surface area contributed by atoms with Crippen molar-refractivity contribution >= 4 is 11.6 Å². The Morgan fingerprint density at radius 3 is 2.70 bits per heavy atom. The monoisotopic (exact) mass is 275 g/mol. The maximum absolute atomic E-state index is 11.9. The van der Waals surface area contributed by atoms with Gasteiger partial charge in [0.15, 0.2) is 0 Å². The van der Waals surface area contributed by atoms with Crippen molar-refractivity contribution in [3.63, 3.8) is 0 Å². The number of hydrogen-bond acceptors (Lipinski definition) is 3. The van der Waals surface area contributed by atoms with E-state index in [9.17, 15) is 4.79 Å². The summed E-state index contributed by atoms with van der Waals surface area (Å²) >= 11 is 0. The van der Waals surface area contributed by atoms with Gasteiger partial charge in [0, 0.05) is 12.1 Å². The van der Waals surface area contributed by atoms with E-state index in [-0.39, 0.29) is 11.9 Å². The van der Waals surface area contributed by atoms with Crippen LogP contribution in [0.5, 0.6) is 0 Å². The average molecular weight is 275 g/mol. The quantitative estimate of drug-likeness (QED) is 0.866. The molecule has 0 bridgehead atoms. The Kier molecular flexibility index (Phi) is 5.39. The van der Waals surface area contributed by atoms with Gasteiger partial charge in [0.25, 0.3) is 5.91 Å². The molecule has 4 nitrogen and oxygen atoms in total. The van der Waals surface area contributed by atoms with E-state index >= 15 is 0 Å². The molecular formula is C16H25N3O. The van der Waals surface area contributed by atoms with E-state index in [0.717, 1.165) is 12.1 Å². The number of amides is 1. The first kappa shape index (κ1) is 14.8. The van der Waals surface area contributed by atoms with Crippen molar-refractivity contribution in [2.45, 2.75) is 64.5 Å². The van der Waals surface area contributed by atoms with Crippen LogP contribution in [0.4, 0.5) is 5.69 Å². The van der Waals surface area contributed by atoms with Gasteiger partial charge < -0.3 is 10.6 Å². The Hall–Kier alpha value is -1.58. The molecule has 1 aromatic rings. The van der Waals surface area contributed by atoms with E-state index in [1.165, 1.54) is 32.1 Å². The third-order valence-corrected chi connectivity index (χ3v) is 3.96. The second kappa shape index (κ2) is 7.27. The summed E-state index contributed by atoms with van der Waals surface area (Å²) < 4.78 is 0. The topological polar surface area (TPSA) is 54.0 Å². The highest BCUT2D eigenvalue weighted by Gasteiger charge is 2.14. The van der Waals surface area contributed by atoms with Crippen LogP contribution in [-0.4, -0.2) is 23.0 Å². The highest BCUT2D eigenvalue weighted by molar-refractivity contribution is 5.92. The van der Waals surface area contributed by atoms with E-state index in [4.69, 9.17) is 0 Å². The van der Waals surface area contributed by atoms with Crippen molar-refractivity contribution in [3.05, 3.63) is 24.0 Å². The predicted molar refractivity (Wildman–Crippen MR) is 82.0 cm³/mol. The molecule has 0 aliphatic heterocycles. The Balaban J connectivity index is 1.90. The van der Waals surface area contributed by atoms with Crippen LogP contribution >= 0.6 is 0 Å². The first-order valence-corrected chi connectivity index (χ1v) is 7.72. The van der Waals surface area contributed by atoms with Crippen LogP contribution in [0.25, 0.3) is 0 Å². The van der Waals surface area contributed by atoms with Gasteiger partial charge >= 0.3 is 0 Å². The first-order valence-electron chi connectivity index (χ1n) is 7.72. The molecule has 1 atom stereocenters. The predicted octanol–water partition coefficient (Wildman–Crippen LogP) is 3.35. The zero-order chi connectivity index (χ0) is 14.4. The smallest absolute Gasteiger partial charge is 0.270 e. The number of pyridine rings is 1. The molecule has 0 saturated heterocycles. The van der Waals surface area contributed by atoms with Gasteiger partial charge in [-0.3, -0.25) is 4.79 Å². The SMILES string of the molecule is CCC(C)NC(=O)c1ccc(NC2CCCCC2)cn1. The summed E-state index contributed by atoms with van der Waals surface area (Å²) in [6.07, 6.45) is 9.12. The van der Waals surface area contributed by atoms with Crippen LogP contribution < -0.4 is 10.6 Å². The number of rotatable bonds is 5. The van der Waals surface area contributed by atoms with Crippen LogP contribution in [0.2, 0.25) is 0 Å². The van der Waals surface area contributed by atoms with Crippen LogP contribution in [0, 0.1) is 0 Å². The lowest BCUT2D eigenvalue weighted by Crippen LogP contribution is -2.32.